The summed E-state index contributed by atoms with van der Waals surface area (Å²) >= 11 is 3.44. The van der Waals surface area contributed by atoms with E-state index in [1.54, 1.807) is 12.1 Å². The zero-order chi connectivity index (χ0) is 28.1. The van der Waals surface area contributed by atoms with Gasteiger partial charge in [0.25, 0.3) is 5.91 Å². The van der Waals surface area contributed by atoms with Crippen LogP contribution in [-0.4, -0.2) is 56.4 Å². The lowest BCUT2D eigenvalue weighted by Gasteiger charge is -2.15. The second kappa shape index (κ2) is 15.7. The lowest BCUT2D eigenvalue weighted by atomic mass is 10.1. The van der Waals surface area contributed by atoms with E-state index in [1.807, 2.05) is 52.8 Å². The van der Waals surface area contributed by atoms with Gasteiger partial charge in [-0.15, -0.1) is 0 Å². The quantitative estimate of drug-likeness (QED) is 0.141. The number of hydrogen-bond donors (Lipinski definition) is 3. The predicted octanol–water partition coefficient (Wildman–Crippen LogP) is 3.86. The minimum Gasteiger partial charge on any atom is -0.490 e. The molecule has 0 atom stereocenters. The van der Waals surface area contributed by atoms with E-state index < -0.39 is 11.8 Å². The molecule has 0 aliphatic rings. The zero-order valence-corrected chi connectivity index (χ0v) is 23.9. The highest BCUT2D eigenvalue weighted by molar-refractivity contribution is 9.10. The molecule has 0 heterocycles. The van der Waals surface area contributed by atoms with Gasteiger partial charge in [0.2, 0.25) is 0 Å². The molecule has 0 fully saturated rings. The van der Waals surface area contributed by atoms with Gasteiger partial charge in [0.15, 0.2) is 18.1 Å². The molecule has 0 spiro atoms. The number of aryl methyl sites for hydroxylation is 2. The monoisotopic (exact) mass is 590 g/mol. The van der Waals surface area contributed by atoms with E-state index in [0.29, 0.717) is 53.4 Å². The van der Waals surface area contributed by atoms with Crippen molar-refractivity contribution in [3.8, 4) is 11.5 Å². The molecule has 0 saturated heterocycles. The van der Waals surface area contributed by atoms with Crippen LogP contribution >= 0.6 is 15.9 Å². The topological polar surface area (TPSA) is 127 Å². The van der Waals surface area contributed by atoms with Crippen LogP contribution in [0.4, 0.5) is 5.69 Å². The second-order valence-corrected chi connectivity index (χ2v) is 9.56. The second-order valence-electron chi connectivity index (χ2n) is 8.70. The van der Waals surface area contributed by atoms with Crippen LogP contribution in [0.15, 0.2) is 39.9 Å². The number of anilines is 1. The van der Waals surface area contributed by atoms with E-state index in [0.717, 1.165) is 11.1 Å². The van der Waals surface area contributed by atoms with Gasteiger partial charge in [0.05, 0.1) is 23.4 Å². The lowest BCUT2D eigenvalue weighted by Crippen LogP contribution is -2.38. The molecule has 206 valence electrons. The van der Waals surface area contributed by atoms with Crippen LogP contribution < -0.4 is 25.5 Å². The van der Waals surface area contributed by atoms with Crippen LogP contribution in [-0.2, 0) is 19.1 Å². The number of hydrazone groups is 1. The summed E-state index contributed by atoms with van der Waals surface area (Å²) in [6, 6.07) is 9.12. The van der Waals surface area contributed by atoms with Crippen molar-refractivity contribution in [2.75, 3.05) is 31.7 Å². The van der Waals surface area contributed by atoms with Crippen molar-refractivity contribution in [3.63, 3.8) is 0 Å². The number of nitrogens with zero attached hydrogens (tertiary/aromatic N) is 1. The first-order chi connectivity index (χ1) is 18.1. The SMILES string of the molecule is CCOc1cc(/C=N\NC(=O)C(=O)NCCCOC(C)C)cc(Br)c1OCC(=O)Nc1cc(C)cc(C)c1. The first kappa shape index (κ1) is 30.8. The van der Waals surface area contributed by atoms with Crippen molar-refractivity contribution >= 4 is 45.6 Å². The molecule has 0 unspecified atom stereocenters. The van der Waals surface area contributed by atoms with Gasteiger partial charge in [-0.25, -0.2) is 5.43 Å². The number of benzene rings is 2. The van der Waals surface area contributed by atoms with Crippen molar-refractivity contribution in [3.05, 3.63) is 51.5 Å². The fourth-order valence-corrected chi connectivity index (χ4v) is 3.91. The number of hydrogen-bond acceptors (Lipinski definition) is 7. The van der Waals surface area contributed by atoms with Crippen molar-refractivity contribution < 1.29 is 28.6 Å². The largest absolute Gasteiger partial charge is 0.490 e. The number of amides is 3. The summed E-state index contributed by atoms with van der Waals surface area (Å²) in [5.74, 6) is -1.25. The van der Waals surface area contributed by atoms with E-state index in [-0.39, 0.29) is 18.6 Å². The first-order valence-electron chi connectivity index (χ1n) is 12.3. The van der Waals surface area contributed by atoms with Crippen molar-refractivity contribution in [1.82, 2.24) is 10.7 Å². The van der Waals surface area contributed by atoms with Crippen molar-refractivity contribution in [1.29, 1.82) is 0 Å². The third kappa shape index (κ3) is 10.9. The van der Waals surface area contributed by atoms with Gasteiger partial charge in [-0.05, 0) is 97.9 Å². The van der Waals surface area contributed by atoms with Gasteiger partial charge in [0, 0.05) is 18.8 Å². The number of carbonyl (C=O) groups is 3. The van der Waals surface area contributed by atoms with Crippen molar-refractivity contribution in [2.24, 2.45) is 5.10 Å². The molecule has 2 aromatic rings. The highest BCUT2D eigenvalue weighted by Crippen LogP contribution is 2.36. The average Bonchev–Trinajstić information content (AvgIpc) is 2.82. The molecule has 0 saturated carbocycles. The third-order valence-corrected chi connectivity index (χ3v) is 5.42. The van der Waals surface area contributed by atoms with Crippen LogP contribution in [0.3, 0.4) is 0 Å². The summed E-state index contributed by atoms with van der Waals surface area (Å²) in [5.41, 5.74) is 5.55. The summed E-state index contributed by atoms with van der Waals surface area (Å²) in [6.45, 7) is 10.5. The maximum Gasteiger partial charge on any atom is 0.329 e. The standard InChI is InChI=1S/C27H35BrN4O6/c1-6-36-23-14-20(15-30-32-27(35)26(34)29-8-7-9-37-17(2)3)13-22(28)25(23)38-16-24(33)31-21-11-18(4)10-19(5)12-21/h10-15,17H,6-9,16H2,1-5H3,(H,29,34)(H,31,33)(H,32,35)/b30-15-. The molecule has 0 bridgehead atoms. The first-order valence-corrected chi connectivity index (χ1v) is 13.1. The Morgan fingerprint density at radius 3 is 2.39 bits per heavy atom. The van der Waals surface area contributed by atoms with Crippen LogP contribution in [0.2, 0.25) is 0 Å². The maximum atomic E-state index is 12.4. The van der Waals surface area contributed by atoms with Crippen LogP contribution in [0.25, 0.3) is 0 Å². The maximum absolute atomic E-state index is 12.4. The summed E-state index contributed by atoms with van der Waals surface area (Å²) in [5, 5.41) is 9.18. The Kier molecular flexibility index (Phi) is 12.7. The lowest BCUT2D eigenvalue weighted by molar-refractivity contribution is -0.139. The van der Waals surface area contributed by atoms with Gasteiger partial charge in [-0.3, -0.25) is 14.4 Å². The Hall–Kier alpha value is -3.44. The molecule has 0 aliphatic heterocycles. The normalized spacial score (nSPS) is 10.9. The molecule has 0 aliphatic carbocycles. The zero-order valence-electron chi connectivity index (χ0n) is 22.4. The molecular formula is C27H35BrN4O6. The number of nitrogens with one attached hydrogen (secondary N) is 3. The number of halogens is 1. The number of rotatable bonds is 13. The van der Waals surface area contributed by atoms with Crippen LogP contribution in [0.1, 0.15) is 43.9 Å². The summed E-state index contributed by atoms with van der Waals surface area (Å²) in [7, 11) is 0. The molecule has 3 amide bonds. The molecule has 3 N–H and O–H groups in total. The summed E-state index contributed by atoms with van der Waals surface area (Å²) < 4.78 is 17.3. The van der Waals surface area contributed by atoms with Gasteiger partial charge in [0.1, 0.15) is 0 Å². The molecule has 2 aromatic carbocycles. The molecule has 0 aromatic heterocycles. The van der Waals surface area contributed by atoms with E-state index >= 15 is 0 Å². The highest BCUT2D eigenvalue weighted by atomic mass is 79.9. The fourth-order valence-electron chi connectivity index (χ4n) is 3.34. The minimum atomic E-state index is -0.884. The molecule has 0 radical (unpaired) electrons. The highest BCUT2D eigenvalue weighted by Gasteiger charge is 2.15. The molecule has 10 nitrogen and oxygen atoms in total. The van der Waals surface area contributed by atoms with E-state index in [9.17, 15) is 14.4 Å². The smallest absolute Gasteiger partial charge is 0.329 e. The summed E-state index contributed by atoms with van der Waals surface area (Å²) in [6.07, 6.45) is 2.07. The van der Waals surface area contributed by atoms with E-state index in [2.05, 4.69) is 37.1 Å². The Labute approximate surface area is 231 Å². The summed E-state index contributed by atoms with van der Waals surface area (Å²) in [4.78, 5) is 36.3. The Bertz CT molecular complexity index is 1130. The van der Waals surface area contributed by atoms with Crippen molar-refractivity contribution in [2.45, 2.75) is 47.1 Å². The molecule has 38 heavy (non-hydrogen) atoms. The van der Waals surface area contributed by atoms with Gasteiger partial charge in [-0.1, -0.05) is 6.07 Å². The van der Waals surface area contributed by atoms with E-state index in [4.69, 9.17) is 14.2 Å². The average molecular weight is 592 g/mol. The third-order valence-electron chi connectivity index (χ3n) is 4.83. The van der Waals surface area contributed by atoms with Gasteiger partial charge >= 0.3 is 11.8 Å². The van der Waals surface area contributed by atoms with Crippen LogP contribution in [0.5, 0.6) is 11.5 Å². The number of carbonyl (C=O) groups excluding carboxylic acids is 3. The van der Waals surface area contributed by atoms with Gasteiger partial charge in [-0.2, -0.15) is 5.10 Å². The number of ether oxygens (including phenoxy) is 3. The molecule has 11 heteroatoms. The Morgan fingerprint density at radius 1 is 1.03 bits per heavy atom. The van der Waals surface area contributed by atoms with Crippen LogP contribution in [0, 0.1) is 13.8 Å². The predicted molar refractivity (Wildman–Crippen MR) is 150 cm³/mol. The van der Waals surface area contributed by atoms with E-state index in [1.165, 1.54) is 6.21 Å². The van der Waals surface area contributed by atoms with Gasteiger partial charge < -0.3 is 24.8 Å². The molecule has 2 rings (SSSR count). The molecular weight excluding hydrogens is 556 g/mol. The Balaban J connectivity index is 1.94. The fraction of sp³-hybridized carbons (Fsp3) is 0.407. The Morgan fingerprint density at radius 2 is 1.74 bits per heavy atom. The minimum absolute atomic E-state index is 0.111.